The first-order valence-electron chi connectivity index (χ1n) is 32.2. The molecule has 562 valence electrons. The van der Waals surface area contributed by atoms with Gasteiger partial charge >= 0.3 is 30.9 Å². The molecule has 0 N–H and O–H groups in total. The van der Waals surface area contributed by atoms with Gasteiger partial charge in [0.2, 0.25) is 10.6 Å². The van der Waals surface area contributed by atoms with Crippen molar-refractivity contribution in [1.29, 1.82) is 0 Å². The molecule has 0 aliphatic rings. The maximum atomic E-state index is 13.3. The van der Waals surface area contributed by atoms with Crippen molar-refractivity contribution >= 4 is 165 Å². The molecule has 0 unspecified atom stereocenters. The van der Waals surface area contributed by atoms with E-state index in [0.717, 1.165) is 101 Å². The normalized spacial score (nSPS) is 10.4. The first-order chi connectivity index (χ1) is 51.9. The van der Waals surface area contributed by atoms with Crippen LogP contribution in [0.3, 0.4) is 0 Å². The summed E-state index contributed by atoms with van der Waals surface area (Å²) in [6.45, 7) is 0.677. The average Bonchev–Trinajstić information content (AvgIpc) is 0.786. The number of aldehydes is 1. The van der Waals surface area contributed by atoms with Gasteiger partial charge in [-0.05, 0) is 153 Å². The number of hydrogen-bond donors (Lipinski definition) is 0. The van der Waals surface area contributed by atoms with E-state index >= 15 is 0 Å². The molecule has 0 radical (unpaired) electrons. The summed E-state index contributed by atoms with van der Waals surface area (Å²) < 4.78 is 148. The Morgan fingerprint density at radius 1 is 0.373 bits per heavy atom. The van der Waals surface area contributed by atoms with Gasteiger partial charge in [-0.2, -0.15) is 0 Å². The zero-order valence-corrected chi connectivity index (χ0v) is 70.8. The van der Waals surface area contributed by atoms with Crippen LogP contribution < -0.4 is 21.2 Å². The largest absolute Gasteiger partial charge is 2.00 e. The average molecular weight is 1860 g/mol. The van der Waals surface area contributed by atoms with Crippen LogP contribution >= 0.6 is 109 Å². The molecule has 110 heavy (non-hydrogen) atoms. The van der Waals surface area contributed by atoms with Crippen LogP contribution in [0.4, 0.5) is 43.9 Å². The van der Waals surface area contributed by atoms with Crippen LogP contribution in [-0.2, 0) is 4.57 Å². The summed E-state index contributed by atoms with van der Waals surface area (Å²) in [6.07, 6.45) is 0.856. The minimum atomic E-state index is -2.45. The van der Waals surface area contributed by atoms with Gasteiger partial charge in [0.05, 0.1) is 11.4 Å². The number of carbonyl (C=O) groups excluding carboxylic acids is 2. The third kappa shape index (κ3) is 30.6. The molecule has 13 aromatic rings. The molecule has 0 aliphatic carbocycles. The van der Waals surface area contributed by atoms with E-state index in [1.165, 1.54) is 58.7 Å². The summed E-state index contributed by atoms with van der Waals surface area (Å²) in [5.41, 5.74) is 12.6. The van der Waals surface area contributed by atoms with Crippen molar-refractivity contribution in [2.24, 2.45) is 0 Å². The zero-order chi connectivity index (χ0) is 79.4. The van der Waals surface area contributed by atoms with E-state index in [1.54, 1.807) is 42.5 Å². The van der Waals surface area contributed by atoms with E-state index in [-0.39, 0.29) is 42.3 Å². The summed E-state index contributed by atoms with van der Waals surface area (Å²) in [5, 5.41) is 0.389. The number of carbonyl (C=O) groups is 2. The van der Waals surface area contributed by atoms with Gasteiger partial charge in [0.25, 0.3) is 0 Å². The summed E-state index contributed by atoms with van der Waals surface area (Å²) in [4.78, 5) is 26.2. The fraction of sp³-hybridized carbons (Fsp3) is 0.0595. The monoisotopic (exact) mass is 1860 g/mol. The molecule has 0 saturated carbocycles. The molecule has 12 aromatic carbocycles. The van der Waals surface area contributed by atoms with E-state index in [4.69, 9.17) is 27.5 Å². The maximum Gasteiger partial charge on any atom is 2.00 e. The standard InChI is InChI=1S/C29H19Br2N.C14H12F4NP.C13H10O.C12H6F4OP.C8H7BrO.C6H3BrF2.C2H6Cl2NP.Mg.2H/c30-26-14-10-23(11-15-26)28-18-25(19-29(32-28)24-12-16-27(31)17-13-24)22-8-6-21(7-9-22)20-4-2-1-3-5-20;1-19(2)20(13-5-9(15)3-10(16)6-13)14-7-11(17)4-12(18)8-14;14-10-11-6-8-13(9-7-11)12-4-2-1-3-5-12;13-7-1-8(14)4-11(3-7)18(17)12-5-9(15)2-10(16)6-12;1-6(10)7-2-4-8(9)5-3-7;7-4-1-5(8)3-6(9)2-4;1-5(2)6(3)4;;;/h1-19H;3-8H,1-2H3;1-10H;1-6H;2-5H,1H3;1-3H;1-2H3;;;/q;;;+1;;;;+2;2*-1. The quantitative estimate of drug-likeness (QED) is 0.0377. The maximum absolute atomic E-state index is 13.3. The predicted molar refractivity (Wildman–Crippen MR) is 449 cm³/mol. The summed E-state index contributed by atoms with van der Waals surface area (Å²) >= 11 is 24.0. The predicted octanol–water partition coefficient (Wildman–Crippen LogP) is 26.1. The molecule has 0 bridgehead atoms. The molecule has 0 atom stereocenters. The number of aromatic nitrogens is 1. The Bertz CT molecular complexity index is 4870. The Labute approximate surface area is 697 Å². The second-order valence-electron chi connectivity index (χ2n) is 23.4. The van der Waals surface area contributed by atoms with Gasteiger partial charge in [0.1, 0.15) is 64.5 Å². The van der Waals surface area contributed by atoms with Crippen molar-refractivity contribution in [2.45, 2.75) is 6.92 Å². The molecule has 13 rings (SSSR count). The van der Waals surface area contributed by atoms with Crippen LogP contribution in [0.5, 0.6) is 0 Å². The topological polar surface area (TPSA) is 70.6 Å². The summed E-state index contributed by atoms with van der Waals surface area (Å²) in [7, 11) is 3.21. The van der Waals surface area contributed by atoms with Crippen molar-refractivity contribution in [3.05, 3.63) is 372 Å². The molecule has 6 nitrogen and oxygen atoms in total. The number of hydrogen-bond acceptors (Lipinski definition) is 6. The Hall–Kier alpha value is -7.42. The van der Waals surface area contributed by atoms with E-state index in [9.17, 15) is 58.1 Å². The minimum Gasteiger partial charge on any atom is -1.00 e. The van der Waals surface area contributed by atoms with Crippen molar-refractivity contribution in [2.75, 3.05) is 28.2 Å². The van der Waals surface area contributed by atoms with E-state index in [1.807, 2.05) is 74.8 Å². The smallest absolute Gasteiger partial charge is 1.00 e. The van der Waals surface area contributed by atoms with Crippen molar-refractivity contribution in [1.82, 2.24) is 14.3 Å². The summed E-state index contributed by atoms with van der Waals surface area (Å²) in [6, 6.07) is 79.3. The van der Waals surface area contributed by atoms with E-state index in [0.29, 0.717) is 32.8 Å². The van der Waals surface area contributed by atoms with Crippen molar-refractivity contribution in [3.8, 4) is 55.9 Å². The molecular weight excluding hydrogens is 1800 g/mol. The molecule has 1 aromatic heterocycles. The Morgan fingerprint density at radius 2 is 0.645 bits per heavy atom. The van der Waals surface area contributed by atoms with Crippen LogP contribution in [-0.4, -0.2) is 77.6 Å². The van der Waals surface area contributed by atoms with Crippen LogP contribution in [0.25, 0.3) is 55.9 Å². The van der Waals surface area contributed by atoms with Gasteiger partial charge in [0.15, 0.2) is 12.6 Å². The van der Waals surface area contributed by atoms with Gasteiger partial charge < -0.3 is 2.85 Å². The third-order valence-corrected chi connectivity index (χ3v) is 22.9. The third-order valence-electron chi connectivity index (χ3n) is 14.7. The first kappa shape index (κ1) is 91.5. The fourth-order valence-corrected chi connectivity index (χ4v) is 14.4. The van der Waals surface area contributed by atoms with E-state index in [2.05, 4.69) is 185 Å². The van der Waals surface area contributed by atoms with Gasteiger partial charge in [-0.3, -0.25) is 18.9 Å². The second-order valence-corrected chi connectivity index (χ2v) is 34.8. The molecule has 0 aliphatic heterocycles. The SMILES string of the molecule is Brc1ccc(-c2cc(-c3ccc(-c4ccccc4)cc3)cc(-c3ccc(Br)cc3)n2)cc1.CC(=O)c1ccc(Br)cc1.CN(C)P(Cl)Cl.CN(C)P(c1cc(F)cc(F)c1)c1cc(F)cc(F)c1.Fc1cc(F)cc(Br)c1.O=Cc1ccc(-c2ccccc2)cc1.O=[P+](c1cc(F)cc(F)c1)c1cc(F)cc(F)c1.[H-].[H-].[Mg+2]. The van der Waals surface area contributed by atoms with Gasteiger partial charge in [0, 0.05) is 113 Å². The number of rotatable bonds is 13. The number of ketones is 1. The zero-order valence-electron chi connectivity index (χ0n) is 60.9. The number of pyridine rings is 1. The number of Topliss-reactive ketones (excluding diaryl/α,β-unsaturated/α-hetero) is 1. The van der Waals surface area contributed by atoms with Gasteiger partial charge in [-0.25, -0.2) is 48.9 Å². The molecule has 0 fully saturated rings. The Morgan fingerprint density at radius 3 is 0.936 bits per heavy atom. The van der Waals surface area contributed by atoms with Gasteiger partial charge in [-0.15, -0.1) is 0 Å². The van der Waals surface area contributed by atoms with Crippen LogP contribution in [0, 0.1) is 58.2 Å². The number of halogens is 16. The molecular formula is C84H65Br4Cl2F10MgN3O3P3+. The van der Waals surface area contributed by atoms with Crippen molar-refractivity contribution in [3.63, 3.8) is 0 Å². The second kappa shape index (κ2) is 45.9. The van der Waals surface area contributed by atoms with Crippen LogP contribution in [0.2, 0.25) is 0 Å². The minimum absolute atomic E-state index is 0. The molecule has 0 saturated heterocycles. The number of nitrogens with zero attached hydrogens (tertiary/aromatic N) is 3. The fourth-order valence-electron chi connectivity index (χ4n) is 9.71. The Balaban J connectivity index is 0.000000291. The molecule has 0 amide bonds. The molecule has 0 spiro atoms. The van der Waals surface area contributed by atoms with Gasteiger partial charge in [-0.1, -0.05) is 236 Å². The molecule has 1 heterocycles. The molecule has 26 heteroatoms. The van der Waals surface area contributed by atoms with Crippen molar-refractivity contribution < 1.29 is 60.9 Å². The van der Waals surface area contributed by atoms with Crippen LogP contribution in [0.15, 0.2) is 303 Å². The first-order valence-corrected chi connectivity index (χ1v) is 41.0. The number of benzene rings is 12. The van der Waals surface area contributed by atoms with E-state index < -0.39 is 80.8 Å². The van der Waals surface area contributed by atoms with Crippen LogP contribution in [0.1, 0.15) is 30.5 Å². The Kier molecular flexibility index (Phi) is 38.2. The summed E-state index contributed by atoms with van der Waals surface area (Å²) in [5.74, 6) is -7.49.